The maximum absolute atomic E-state index is 11.9. The van der Waals surface area contributed by atoms with Crippen LogP contribution in [0.1, 0.15) is 16.4 Å². The first-order chi connectivity index (χ1) is 13.5. The Kier molecular flexibility index (Phi) is 5.75. The molecule has 144 valence electrons. The number of pyridine rings is 1. The summed E-state index contributed by atoms with van der Waals surface area (Å²) in [5.74, 6) is 1.25. The lowest BCUT2D eigenvalue weighted by Crippen LogP contribution is -2.28. The number of aryl methyl sites for hydroxylation is 1. The monoisotopic (exact) mass is 383 g/mol. The summed E-state index contributed by atoms with van der Waals surface area (Å²) >= 11 is 0. The van der Waals surface area contributed by atoms with Gasteiger partial charge in [0.05, 0.1) is 6.07 Å². The summed E-state index contributed by atoms with van der Waals surface area (Å²) in [7, 11) is 0. The zero-order valence-corrected chi connectivity index (χ0v) is 14.9. The van der Waals surface area contributed by atoms with Crippen LogP contribution in [-0.4, -0.2) is 38.9 Å². The largest absolute Gasteiger partial charge is 0.433 e. The smallest absolute Gasteiger partial charge is 0.395 e. The van der Waals surface area contributed by atoms with E-state index < -0.39 is 16.7 Å². The predicted octanol–water partition coefficient (Wildman–Crippen LogP) is 2.27. The second-order valence-electron chi connectivity index (χ2n) is 5.60. The highest BCUT2D eigenvalue weighted by atomic mass is 16.6. The van der Waals surface area contributed by atoms with Crippen LogP contribution >= 0.6 is 0 Å². The molecule has 0 radical (unpaired) electrons. The minimum absolute atomic E-state index is 0.119. The molecule has 0 saturated heterocycles. The fourth-order valence-corrected chi connectivity index (χ4v) is 2.29. The standard InChI is InChI=1S/C17H17N7O4/c1-11-21-14(10-15(22-11)23-13-4-2-3-7-18-13)19-8-9-20-17(25)12-5-6-16(28-12)24(26)27/h2-7,10H,8-9H2,1H3,(H,20,25)(H2,18,19,21,22,23). The highest BCUT2D eigenvalue weighted by Crippen LogP contribution is 2.16. The number of amides is 1. The molecule has 0 aromatic carbocycles. The first-order valence-corrected chi connectivity index (χ1v) is 8.31. The van der Waals surface area contributed by atoms with Crippen molar-refractivity contribution in [2.24, 2.45) is 0 Å². The van der Waals surface area contributed by atoms with E-state index in [0.29, 0.717) is 29.8 Å². The minimum atomic E-state index is -0.702. The average molecular weight is 383 g/mol. The van der Waals surface area contributed by atoms with Crippen LogP contribution in [0.3, 0.4) is 0 Å². The molecule has 3 aromatic heterocycles. The van der Waals surface area contributed by atoms with Crippen molar-refractivity contribution in [3.8, 4) is 0 Å². The molecule has 0 saturated carbocycles. The first-order valence-electron chi connectivity index (χ1n) is 8.31. The number of nitrogens with one attached hydrogen (secondary N) is 3. The molecule has 0 atom stereocenters. The van der Waals surface area contributed by atoms with Gasteiger partial charge in [0.2, 0.25) is 0 Å². The SMILES string of the molecule is Cc1nc(NCCNC(=O)c2ccc([N+](=O)[O-])o2)cc(Nc2ccccn2)n1. The van der Waals surface area contributed by atoms with Gasteiger partial charge < -0.3 is 20.4 Å². The molecule has 0 fully saturated rings. The number of aromatic nitrogens is 3. The van der Waals surface area contributed by atoms with E-state index in [1.807, 2.05) is 18.2 Å². The van der Waals surface area contributed by atoms with Crippen LogP contribution in [0.4, 0.5) is 23.3 Å². The molecule has 0 aliphatic carbocycles. The van der Waals surface area contributed by atoms with Crippen LogP contribution in [0.15, 0.2) is 47.0 Å². The molecule has 3 rings (SSSR count). The fraction of sp³-hybridized carbons (Fsp3) is 0.176. The van der Waals surface area contributed by atoms with Crippen molar-refractivity contribution >= 4 is 29.2 Å². The van der Waals surface area contributed by atoms with Gasteiger partial charge in [-0.3, -0.25) is 14.9 Å². The summed E-state index contributed by atoms with van der Waals surface area (Å²) in [5, 5.41) is 19.3. The number of rotatable bonds is 8. The zero-order valence-electron chi connectivity index (χ0n) is 14.9. The summed E-state index contributed by atoms with van der Waals surface area (Å²) < 4.78 is 4.84. The topological polar surface area (TPSA) is 148 Å². The van der Waals surface area contributed by atoms with Crippen LogP contribution in [0.2, 0.25) is 0 Å². The Morgan fingerprint density at radius 1 is 1.14 bits per heavy atom. The molecular weight excluding hydrogens is 366 g/mol. The third kappa shape index (κ3) is 5.00. The van der Waals surface area contributed by atoms with Gasteiger partial charge >= 0.3 is 5.88 Å². The number of anilines is 3. The molecule has 0 spiro atoms. The molecule has 0 aliphatic heterocycles. The van der Waals surface area contributed by atoms with Crippen molar-refractivity contribution in [3.63, 3.8) is 0 Å². The highest BCUT2D eigenvalue weighted by molar-refractivity contribution is 5.91. The van der Waals surface area contributed by atoms with Crippen molar-refractivity contribution in [2.45, 2.75) is 6.92 Å². The first kappa shape index (κ1) is 18.8. The lowest BCUT2D eigenvalue weighted by atomic mass is 10.4. The maximum Gasteiger partial charge on any atom is 0.433 e. The van der Waals surface area contributed by atoms with Gasteiger partial charge in [0.1, 0.15) is 28.2 Å². The normalized spacial score (nSPS) is 10.3. The van der Waals surface area contributed by atoms with Gasteiger partial charge in [-0.1, -0.05) is 6.07 Å². The van der Waals surface area contributed by atoms with Crippen molar-refractivity contribution in [2.75, 3.05) is 23.7 Å². The van der Waals surface area contributed by atoms with Gasteiger partial charge in [0.25, 0.3) is 5.91 Å². The van der Waals surface area contributed by atoms with Crippen LogP contribution in [-0.2, 0) is 0 Å². The number of nitrogens with zero attached hydrogens (tertiary/aromatic N) is 4. The Morgan fingerprint density at radius 2 is 1.96 bits per heavy atom. The number of carbonyl (C=O) groups is 1. The van der Waals surface area contributed by atoms with E-state index in [1.165, 1.54) is 6.07 Å². The molecule has 3 N–H and O–H groups in total. The van der Waals surface area contributed by atoms with Gasteiger partial charge in [0.15, 0.2) is 5.76 Å². The van der Waals surface area contributed by atoms with Crippen LogP contribution < -0.4 is 16.0 Å². The summed E-state index contributed by atoms with van der Waals surface area (Å²) in [6, 6.07) is 9.60. The summed E-state index contributed by atoms with van der Waals surface area (Å²) in [4.78, 5) is 34.5. The lowest BCUT2D eigenvalue weighted by molar-refractivity contribution is -0.402. The van der Waals surface area contributed by atoms with Crippen molar-refractivity contribution < 1.29 is 14.1 Å². The second-order valence-corrected chi connectivity index (χ2v) is 5.60. The average Bonchev–Trinajstić information content (AvgIpc) is 3.16. The molecule has 28 heavy (non-hydrogen) atoms. The van der Waals surface area contributed by atoms with E-state index in [2.05, 4.69) is 30.9 Å². The van der Waals surface area contributed by atoms with Gasteiger partial charge in [-0.2, -0.15) is 0 Å². The van der Waals surface area contributed by atoms with Crippen molar-refractivity contribution in [1.29, 1.82) is 0 Å². The maximum atomic E-state index is 11.9. The van der Waals surface area contributed by atoms with Gasteiger partial charge in [-0.15, -0.1) is 0 Å². The van der Waals surface area contributed by atoms with E-state index >= 15 is 0 Å². The second kappa shape index (κ2) is 8.58. The Morgan fingerprint density at radius 3 is 2.68 bits per heavy atom. The predicted molar refractivity (Wildman–Crippen MR) is 100 cm³/mol. The van der Waals surface area contributed by atoms with Crippen molar-refractivity contribution in [1.82, 2.24) is 20.3 Å². The summed E-state index contributed by atoms with van der Waals surface area (Å²) in [6.45, 7) is 2.41. The molecule has 1 amide bonds. The molecule has 0 bridgehead atoms. The van der Waals surface area contributed by atoms with E-state index in [1.54, 1.807) is 19.2 Å². The van der Waals surface area contributed by atoms with Gasteiger partial charge in [-0.25, -0.2) is 15.0 Å². The Hall–Kier alpha value is -4.02. The molecule has 11 nitrogen and oxygen atoms in total. The highest BCUT2D eigenvalue weighted by Gasteiger charge is 2.16. The molecular formula is C17H17N7O4. The number of hydrogen-bond donors (Lipinski definition) is 3. The molecule has 0 aliphatic rings. The number of nitro groups is 1. The molecule has 11 heteroatoms. The third-order valence-corrected chi connectivity index (χ3v) is 3.47. The fourth-order valence-electron chi connectivity index (χ4n) is 2.29. The number of hydrogen-bond acceptors (Lipinski definition) is 9. The Bertz CT molecular complexity index is 975. The van der Waals surface area contributed by atoms with Gasteiger partial charge in [-0.05, 0) is 25.1 Å². The molecule has 3 heterocycles. The lowest BCUT2D eigenvalue weighted by Gasteiger charge is -2.10. The molecule has 0 unspecified atom stereocenters. The van der Waals surface area contributed by atoms with E-state index in [-0.39, 0.29) is 12.3 Å². The summed E-state index contributed by atoms with van der Waals surface area (Å²) in [6.07, 6.45) is 1.67. The van der Waals surface area contributed by atoms with E-state index in [9.17, 15) is 14.9 Å². The summed E-state index contributed by atoms with van der Waals surface area (Å²) in [5.41, 5.74) is 0. The number of carbonyl (C=O) groups excluding carboxylic acids is 1. The van der Waals surface area contributed by atoms with Crippen LogP contribution in [0.25, 0.3) is 0 Å². The van der Waals surface area contributed by atoms with Crippen LogP contribution in [0, 0.1) is 17.0 Å². The quantitative estimate of drug-likeness (QED) is 0.302. The Balaban J connectivity index is 1.51. The number of furan rings is 1. The minimum Gasteiger partial charge on any atom is -0.395 e. The molecule has 3 aromatic rings. The van der Waals surface area contributed by atoms with Crippen LogP contribution in [0.5, 0.6) is 0 Å². The zero-order chi connectivity index (χ0) is 19.9. The van der Waals surface area contributed by atoms with E-state index in [4.69, 9.17) is 4.42 Å². The van der Waals surface area contributed by atoms with Gasteiger partial charge in [0, 0.05) is 25.4 Å². The van der Waals surface area contributed by atoms with Crippen molar-refractivity contribution in [3.05, 3.63) is 64.3 Å². The van der Waals surface area contributed by atoms with E-state index in [0.717, 1.165) is 6.07 Å². The Labute approximate surface area is 159 Å². The third-order valence-electron chi connectivity index (χ3n) is 3.47.